The lowest BCUT2D eigenvalue weighted by Crippen LogP contribution is -2.47. The van der Waals surface area contributed by atoms with E-state index in [1.54, 1.807) is 0 Å². The monoisotopic (exact) mass is 291 g/mol. The molecule has 0 saturated carbocycles. The van der Waals surface area contributed by atoms with Crippen molar-refractivity contribution in [1.29, 1.82) is 0 Å². The lowest BCUT2D eigenvalue weighted by Gasteiger charge is -2.41. The fraction of sp³-hybridized carbons (Fsp3) is 0.722. The van der Waals surface area contributed by atoms with Gasteiger partial charge in [0.2, 0.25) is 0 Å². The van der Waals surface area contributed by atoms with Gasteiger partial charge in [0.25, 0.3) is 0 Å². The third-order valence-corrected chi connectivity index (χ3v) is 4.27. The van der Waals surface area contributed by atoms with Crippen LogP contribution in [0.2, 0.25) is 0 Å². The van der Waals surface area contributed by atoms with Crippen LogP contribution in [0.4, 0.5) is 0 Å². The molecule has 0 saturated heterocycles. The Morgan fingerprint density at radius 1 is 1.05 bits per heavy atom. The molecule has 3 nitrogen and oxygen atoms in total. The Morgan fingerprint density at radius 3 is 2.05 bits per heavy atom. The van der Waals surface area contributed by atoms with Crippen molar-refractivity contribution in [3.63, 3.8) is 0 Å². The second kappa shape index (κ2) is 9.16. The highest BCUT2D eigenvalue weighted by Gasteiger charge is 2.30. The first-order valence-electron chi connectivity index (χ1n) is 8.46. The summed E-state index contributed by atoms with van der Waals surface area (Å²) in [7, 11) is 0. The summed E-state index contributed by atoms with van der Waals surface area (Å²) in [5.74, 6) is 0.638. The van der Waals surface area contributed by atoms with Gasteiger partial charge in [0.05, 0.1) is 6.04 Å². The van der Waals surface area contributed by atoms with Gasteiger partial charge in [-0.1, -0.05) is 34.6 Å². The zero-order chi connectivity index (χ0) is 15.8. The smallest absolute Gasteiger partial charge is 0.0503 e. The van der Waals surface area contributed by atoms with Crippen LogP contribution in [-0.2, 0) is 0 Å². The van der Waals surface area contributed by atoms with Gasteiger partial charge in [-0.3, -0.25) is 9.88 Å². The SMILES string of the molecule is CCC(N)C(c1ccncc1)N(CC(C)C)C(CC)CC. The molecule has 21 heavy (non-hydrogen) atoms. The molecule has 120 valence electrons. The van der Waals surface area contributed by atoms with Gasteiger partial charge in [0, 0.05) is 31.0 Å². The zero-order valence-corrected chi connectivity index (χ0v) is 14.4. The summed E-state index contributed by atoms with van der Waals surface area (Å²) in [5.41, 5.74) is 7.81. The first-order valence-corrected chi connectivity index (χ1v) is 8.46. The van der Waals surface area contributed by atoms with Crippen molar-refractivity contribution in [3.05, 3.63) is 30.1 Å². The van der Waals surface area contributed by atoms with Crippen molar-refractivity contribution in [2.75, 3.05) is 6.54 Å². The maximum atomic E-state index is 6.51. The minimum Gasteiger partial charge on any atom is -0.326 e. The van der Waals surface area contributed by atoms with Crippen molar-refractivity contribution >= 4 is 0 Å². The molecule has 1 heterocycles. The molecular formula is C18H33N3. The summed E-state index contributed by atoms with van der Waals surface area (Å²) in [6.07, 6.45) is 7.08. The number of nitrogens with two attached hydrogens (primary N) is 1. The molecule has 2 unspecified atom stereocenters. The van der Waals surface area contributed by atoms with Gasteiger partial charge in [-0.25, -0.2) is 0 Å². The first-order chi connectivity index (χ1) is 10.0. The van der Waals surface area contributed by atoms with Crippen LogP contribution in [0, 0.1) is 5.92 Å². The Labute approximate surface area is 130 Å². The van der Waals surface area contributed by atoms with Crippen LogP contribution in [-0.4, -0.2) is 28.5 Å². The number of hydrogen-bond donors (Lipinski definition) is 1. The van der Waals surface area contributed by atoms with E-state index in [1.807, 2.05) is 12.4 Å². The Morgan fingerprint density at radius 2 is 1.62 bits per heavy atom. The molecule has 0 aliphatic carbocycles. The molecule has 1 aromatic rings. The van der Waals surface area contributed by atoms with E-state index in [0.29, 0.717) is 12.0 Å². The minimum absolute atomic E-state index is 0.159. The Bertz CT molecular complexity index is 373. The van der Waals surface area contributed by atoms with E-state index in [1.165, 1.54) is 18.4 Å². The average Bonchev–Trinajstić information content (AvgIpc) is 2.49. The van der Waals surface area contributed by atoms with E-state index < -0.39 is 0 Å². The fourth-order valence-electron chi connectivity index (χ4n) is 3.14. The van der Waals surface area contributed by atoms with Gasteiger partial charge in [-0.2, -0.15) is 0 Å². The highest BCUT2D eigenvalue weighted by molar-refractivity contribution is 5.18. The third-order valence-electron chi connectivity index (χ3n) is 4.27. The summed E-state index contributed by atoms with van der Waals surface area (Å²) in [4.78, 5) is 6.79. The Kier molecular flexibility index (Phi) is 7.91. The molecule has 3 heteroatoms. The van der Waals surface area contributed by atoms with Crippen LogP contribution in [0.5, 0.6) is 0 Å². The maximum absolute atomic E-state index is 6.51. The first kappa shape index (κ1) is 18.1. The normalized spacial score (nSPS) is 14.9. The van der Waals surface area contributed by atoms with Crippen LogP contribution in [0.3, 0.4) is 0 Å². The van der Waals surface area contributed by atoms with E-state index >= 15 is 0 Å². The fourth-order valence-corrected chi connectivity index (χ4v) is 3.14. The third kappa shape index (κ3) is 5.08. The van der Waals surface area contributed by atoms with Gasteiger partial charge in [-0.15, -0.1) is 0 Å². The minimum atomic E-state index is 0.159. The molecule has 0 radical (unpaired) electrons. The molecule has 1 rings (SSSR count). The summed E-state index contributed by atoms with van der Waals surface area (Å²) in [6.45, 7) is 12.4. The topological polar surface area (TPSA) is 42.1 Å². The number of rotatable bonds is 9. The standard InChI is InChI=1S/C18H33N3/c1-6-16(7-2)21(13-14(4)5)18(17(19)8-3)15-9-11-20-12-10-15/h9-12,14,16-18H,6-8,13,19H2,1-5H3. The molecule has 2 N–H and O–H groups in total. The highest BCUT2D eigenvalue weighted by Crippen LogP contribution is 2.29. The molecule has 1 aromatic heterocycles. The van der Waals surface area contributed by atoms with Crippen molar-refractivity contribution in [3.8, 4) is 0 Å². The van der Waals surface area contributed by atoms with Gasteiger partial charge in [0.1, 0.15) is 0 Å². The van der Waals surface area contributed by atoms with Crippen LogP contribution in [0.15, 0.2) is 24.5 Å². The molecule has 0 aliphatic rings. The van der Waals surface area contributed by atoms with Crippen molar-refractivity contribution in [1.82, 2.24) is 9.88 Å². The quantitative estimate of drug-likeness (QED) is 0.747. The number of hydrogen-bond acceptors (Lipinski definition) is 3. The van der Waals surface area contributed by atoms with Gasteiger partial charge in [0.15, 0.2) is 0 Å². The average molecular weight is 291 g/mol. The molecule has 2 atom stereocenters. The van der Waals surface area contributed by atoms with E-state index in [4.69, 9.17) is 5.73 Å². The second-order valence-corrected chi connectivity index (χ2v) is 6.36. The van der Waals surface area contributed by atoms with E-state index in [-0.39, 0.29) is 12.1 Å². The molecule has 0 aliphatic heterocycles. The zero-order valence-electron chi connectivity index (χ0n) is 14.4. The lowest BCUT2D eigenvalue weighted by atomic mass is 9.93. The van der Waals surface area contributed by atoms with E-state index in [9.17, 15) is 0 Å². The van der Waals surface area contributed by atoms with E-state index in [2.05, 4.69) is 56.6 Å². The van der Waals surface area contributed by atoms with Crippen molar-refractivity contribution in [2.24, 2.45) is 11.7 Å². The molecular weight excluding hydrogens is 258 g/mol. The van der Waals surface area contributed by atoms with Crippen LogP contribution in [0.25, 0.3) is 0 Å². The second-order valence-electron chi connectivity index (χ2n) is 6.36. The number of nitrogens with zero attached hydrogens (tertiary/aromatic N) is 2. The van der Waals surface area contributed by atoms with Gasteiger partial charge >= 0.3 is 0 Å². The van der Waals surface area contributed by atoms with Crippen LogP contribution in [0.1, 0.15) is 65.5 Å². The number of pyridine rings is 1. The Hall–Kier alpha value is -0.930. The predicted octanol–water partition coefficient (Wildman–Crippen LogP) is 4.01. The largest absolute Gasteiger partial charge is 0.326 e. The van der Waals surface area contributed by atoms with E-state index in [0.717, 1.165) is 13.0 Å². The maximum Gasteiger partial charge on any atom is 0.0503 e. The highest BCUT2D eigenvalue weighted by atomic mass is 15.2. The summed E-state index contributed by atoms with van der Waals surface area (Å²) in [5, 5.41) is 0. The summed E-state index contributed by atoms with van der Waals surface area (Å²) >= 11 is 0. The van der Waals surface area contributed by atoms with Crippen molar-refractivity contribution < 1.29 is 0 Å². The molecule has 0 bridgehead atoms. The summed E-state index contributed by atoms with van der Waals surface area (Å²) < 4.78 is 0. The molecule has 0 fully saturated rings. The summed E-state index contributed by atoms with van der Waals surface area (Å²) in [6, 6.07) is 5.27. The van der Waals surface area contributed by atoms with Crippen molar-refractivity contribution in [2.45, 2.75) is 72.0 Å². The predicted molar refractivity (Wildman–Crippen MR) is 91.2 cm³/mol. The molecule has 0 aromatic carbocycles. The van der Waals surface area contributed by atoms with Crippen LogP contribution >= 0.6 is 0 Å². The van der Waals surface area contributed by atoms with Crippen LogP contribution < -0.4 is 5.73 Å². The van der Waals surface area contributed by atoms with Gasteiger partial charge in [-0.05, 0) is 42.9 Å². The Balaban J connectivity index is 3.16. The molecule has 0 amide bonds. The number of aromatic nitrogens is 1. The van der Waals surface area contributed by atoms with Gasteiger partial charge < -0.3 is 5.73 Å². The molecule has 0 spiro atoms. The lowest BCUT2D eigenvalue weighted by molar-refractivity contribution is 0.0910.